The summed E-state index contributed by atoms with van der Waals surface area (Å²) in [5.74, 6) is -1.65. The van der Waals surface area contributed by atoms with E-state index in [9.17, 15) is 24.5 Å². The molecule has 0 heterocycles. The van der Waals surface area contributed by atoms with Crippen molar-refractivity contribution >= 4 is 46.9 Å². The number of rotatable bonds is 9. The van der Waals surface area contributed by atoms with Crippen LogP contribution in [0.5, 0.6) is 0 Å². The van der Waals surface area contributed by atoms with Gasteiger partial charge in [0, 0.05) is 12.1 Å². The van der Waals surface area contributed by atoms with Crippen molar-refractivity contribution in [3.05, 3.63) is 38.9 Å². The van der Waals surface area contributed by atoms with Gasteiger partial charge in [0.05, 0.1) is 15.5 Å². The minimum absolute atomic E-state index is 0.0219. The molecule has 0 aliphatic heterocycles. The molecule has 0 spiro atoms. The average molecular weight is 447 g/mol. The number of non-ortho nitro benzene ring substituents is 1. The van der Waals surface area contributed by atoms with Gasteiger partial charge in [-0.2, -0.15) is 11.8 Å². The fourth-order valence-corrected chi connectivity index (χ4v) is 2.86. The van der Waals surface area contributed by atoms with Gasteiger partial charge in [0.25, 0.3) is 11.6 Å². The number of halogens is 1. The highest BCUT2D eigenvalue weighted by molar-refractivity contribution is 7.98. The van der Waals surface area contributed by atoms with Gasteiger partial charge in [-0.05, 0) is 45.3 Å². The molecule has 1 aromatic carbocycles. The highest BCUT2D eigenvalue weighted by atomic mass is 35.5. The molecule has 1 rings (SSSR count). The molecule has 9 nitrogen and oxygen atoms in total. The number of nitro groups is 1. The van der Waals surface area contributed by atoms with Crippen molar-refractivity contribution in [3.63, 3.8) is 0 Å². The molecule has 0 bridgehead atoms. The maximum atomic E-state index is 12.5. The summed E-state index contributed by atoms with van der Waals surface area (Å²) in [6.45, 7) is 4.46. The number of hydrogen-bond donors (Lipinski definition) is 1. The molecular formula is C18H23ClN2O7S. The Labute approximate surface area is 177 Å². The van der Waals surface area contributed by atoms with E-state index < -0.39 is 41.0 Å². The van der Waals surface area contributed by atoms with Crippen LogP contribution in [-0.2, 0) is 19.1 Å². The Bertz CT molecular complexity index is 780. The lowest BCUT2D eigenvalue weighted by atomic mass is 10.1. The molecule has 1 amide bonds. The number of nitrogens with zero attached hydrogens (tertiary/aromatic N) is 1. The molecule has 160 valence electrons. The van der Waals surface area contributed by atoms with Crippen LogP contribution in [0.3, 0.4) is 0 Å². The van der Waals surface area contributed by atoms with Crippen LogP contribution in [0.4, 0.5) is 5.69 Å². The number of nitrogens with one attached hydrogen (secondary N) is 1. The van der Waals surface area contributed by atoms with Gasteiger partial charge in [-0.25, -0.2) is 9.59 Å². The Balaban J connectivity index is 2.82. The molecule has 0 aliphatic rings. The van der Waals surface area contributed by atoms with Crippen molar-refractivity contribution < 1.29 is 28.8 Å². The molecule has 0 fully saturated rings. The van der Waals surface area contributed by atoms with Crippen molar-refractivity contribution in [2.45, 2.75) is 38.8 Å². The van der Waals surface area contributed by atoms with Crippen molar-refractivity contribution in [2.75, 3.05) is 18.6 Å². The minimum atomic E-state index is -1.02. The number of benzene rings is 1. The lowest BCUT2D eigenvalue weighted by Gasteiger charge is -2.20. The second-order valence-electron chi connectivity index (χ2n) is 6.92. The van der Waals surface area contributed by atoms with Gasteiger partial charge < -0.3 is 14.8 Å². The van der Waals surface area contributed by atoms with Gasteiger partial charge in [0.1, 0.15) is 11.6 Å². The third-order valence-corrected chi connectivity index (χ3v) is 4.32. The summed E-state index contributed by atoms with van der Waals surface area (Å²) in [6.07, 6.45) is 2.09. The van der Waals surface area contributed by atoms with E-state index in [2.05, 4.69) is 5.32 Å². The van der Waals surface area contributed by atoms with Crippen LogP contribution in [0, 0.1) is 10.1 Å². The van der Waals surface area contributed by atoms with Gasteiger partial charge in [0.15, 0.2) is 6.61 Å². The van der Waals surface area contributed by atoms with Crippen LogP contribution in [0.1, 0.15) is 37.6 Å². The highest BCUT2D eigenvalue weighted by Crippen LogP contribution is 2.22. The van der Waals surface area contributed by atoms with Crippen molar-refractivity contribution in [1.29, 1.82) is 0 Å². The molecule has 0 saturated carbocycles. The molecule has 0 aromatic heterocycles. The monoisotopic (exact) mass is 446 g/mol. The number of hydrogen-bond acceptors (Lipinski definition) is 8. The number of carbonyl (C=O) groups excluding carboxylic acids is 3. The smallest absolute Gasteiger partial charge is 0.344 e. The van der Waals surface area contributed by atoms with E-state index in [-0.39, 0.29) is 22.7 Å². The number of amides is 1. The topological polar surface area (TPSA) is 125 Å². The molecule has 1 atom stereocenters. The standard InChI is InChI=1S/C18H23ClN2O7S/c1-18(2,3)28-15(22)10-27-17(24)14(7-8-29-4)20-16(23)12-6-5-11(21(25)26)9-13(12)19/h5-6,9,14H,7-8,10H2,1-4H3,(H,20,23). The van der Waals surface area contributed by atoms with E-state index in [1.165, 1.54) is 17.8 Å². The first-order valence-corrected chi connectivity index (χ1v) is 10.3. The maximum absolute atomic E-state index is 12.5. The molecule has 0 radical (unpaired) electrons. The van der Waals surface area contributed by atoms with E-state index in [0.717, 1.165) is 12.1 Å². The first-order chi connectivity index (χ1) is 13.4. The Morgan fingerprint density at radius 2 is 1.97 bits per heavy atom. The Morgan fingerprint density at radius 1 is 1.31 bits per heavy atom. The van der Waals surface area contributed by atoms with Gasteiger partial charge in [0.2, 0.25) is 0 Å². The van der Waals surface area contributed by atoms with Crippen LogP contribution in [0.25, 0.3) is 0 Å². The zero-order chi connectivity index (χ0) is 22.2. The summed E-state index contributed by atoms with van der Waals surface area (Å²) in [5.41, 5.74) is -1.00. The summed E-state index contributed by atoms with van der Waals surface area (Å²) in [7, 11) is 0. The maximum Gasteiger partial charge on any atom is 0.344 e. The summed E-state index contributed by atoms with van der Waals surface area (Å²) >= 11 is 7.41. The Kier molecular flexibility index (Phi) is 9.38. The Hall–Kier alpha value is -2.33. The molecule has 1 aromatic rings. The van der Waals surface area contributed by atoms with E-state index in [0.29, 0.717) is 5.75 Å². The van der Waals surface area contributed by atoms with Crippen LogP contribution in [-0.4, -0.2) is 53.0 Å². The summed E-state index contributed by atoms with van der Waals surface area (Å²) in [4.78, 5) is 46.7. The second-order valence-corrected chi connectivity index (χ2v) is 8.32. The SMILES string of the molecule is CSCCC(NC(=O)c1ccc([N+](=O)[O-])cc1Cl)C(=O)OCC(=O)OC(C)(C)C. The van der Waals surface area contributed by atoms with E-state index >= 15 is 0 Å². The van der Waals surface area contributed by atoms with Crippen LogP contribution in [0.2, 0.25) is 5.02 Å². The molecular weight excluding hydrogens is 424 g/mol. The number of thioether (sulfide) groups is 1. The third-order valence-electron chi connectivity index (χ3n) is 3.36. The molecule has 1 N–H and O–H groups in total. The fraction of sp³-hybridized carbons (Fsp3) is 0.500. The van der Waals surface area contributed by atoms with Crippen LogP contribution < -0.4 is 5.32 Å². The van der Waals surface area contributed by atoms with Gasteiger partial charge in [-0.1, -0.05) is 11.6 Å². The van der Waals surface area contributed by atoms with E-state index in [4.69, 9.17) is 21.1 Å². The first kappa shape index (κ1) is 24.7. The summed E-state index contributed by atoms with van der Waals surface area (Å²) < 4.78 is 10.0. The molecule has 29 heavy (non-hydrogen) atoms. The molecule has 1 unspecified atom stereocenters. The largest absolute Gasteiger partial charge is 0.457 e. The lowest BCUT2D eigenvalue weighted by Crippen LogP contribution is -2.43. The van der Waals surface area contributed by atoms with Gasteiger partial charge in [-0.15, -0.1) is 0 Å². The summed E-state index contributed by atoms with van der Waals surface area (Å²) in [6, 6.07) is 2.36. The quantitative estimate of drug-likeness (QED) is 0.348. The Morgan fingerprint density at radius 3 is 2.48 bits per heavy atom. The fourth-order valence-electron chi connectivity index (χ4n) is 2.12. The molecule has 0 saturated heterocycles. The van der Waals surface area contributed by atoms with Gasteiger partial charge >= 0.3 is 11.9 Å². The number of carbonyl (C=O) groups is 3. The average Bonchev–Trinajstić information content (AvgIpc) is 2.61. The minimum Gasteiger partial charge on any atom is -0.457 e. The zero-order valence-corrected chi connectivity index (χ0v) is 18.1. The highest BCUT2D eigenvalue weighted by Gasteiger charge is 2.26. The molecule has 0 aliphatic carbocycles. The lowest BCUT2D eigenvalue weighted by molar-refractivity contribution is -0.384. The van der Waals surface area contributed by atoms with E-state index in [1.54, 1.807) is 20.8 Å². The van der Waals surface area contributed by atoms with Gasteiger partial charge in [-0.3, -0.25) is 14.9 Å². The number of ether oxygens (including phenoxy) is 2. The second kappa shape index (κ2) is 11.0. The van der Waals surface area contributed by atoms with Crippen LogP contribution in [0.15, 0.2) is 18.2 Å². The van der Waals surface area contributed by atoms with Crippen molar-refractivity contribution in [1.82, 2.24) is 5.32 Å². The van der Waals surface area contributed by atoms with Crippen LogP contribution >= 0.6 is 23.4 Å². The summed E-state index contributed by atoms with van der Waals surface area (Å²) in [5, 5.41) is 13.2. The van der Waals surface area contributed by atoms with E-state index in [1.807, 2.05) is 6.26 Å². The van der Waals surface area contributed by atoms with Crippen molar-refractivity contribution in [2.24, 2.45) is 0 Å². The predicted molar refractivity (Wildman–Crippen MR) is 109 cm³/mol. The third kappa shape index (κ3) is 8.70. The molecule has 11 heteroatoms. The number of esters is 2. The van der Waals surface area contributed by atoms with Crippen molar-refractivity contribution in [3.8, 4) is 0 Å². The predicted octanol–water partition coefficient (Wildman–Crippen LogP) is 2.98. The number of nitro benzene ring substituents is 1. The zero-order valence-electron chi connectivity index (χ0n) is 16.5. The first-order valence-electron chi connectivity index (χ1n) is 8.57. The normalized spacial score (nSPS) is 12.0.